The fourth-order valence-corrected chi connectivity index (χ4v) is 4.02. The summed E-state index contributed by atoms with van der Waals surface area (Å²) in [5.41, 5.74) is 3.55. The van der Waals surface area contributed by atoms with Crippen LogP contribution >= 0.6 is 24.6 Å². The van der Waals surface area contributed by atoms with Crippen LogP contribution in [0, 0.1) is 4.77 Å². The number of rotatable bonds is 4. The van der Waals surface area contributed by atoms with Crippen molar-refractivity contribution in [2.45, 2.75) is 31.8 Å². The highest BCUT2D eigenvalue weighted by molar-refractivity contribution is 7.71. The van der Waals surface area contributed by atoms with Crippen LogP contribution in [0.4, 0.5) is 0 Å². The summed E-state index contributed by atoms with van der Waals surface area (Å²) in [6.45, 7) is 0.407. The Hall–Kier alpha value is -2.44. The van der Waals surface area contributed by atoms with Crippen molar-refractivity contribution in [2.75, 3.05) is 0 Å². The van der Waals surface area contributed by atoms with Gasteiger partial charge in [-0.15, -0.1) is 12.4 Å². The van der Waals surface area contributed by atoms with Crippen molar-refractivity contribution in [2.24, 2.45) is 0 Å². The average molecular weight is 402 g/mol. The predicted octanol–water partition coefficient (Wildman–Crippen LogP) is 4.31. The maximum Gasteiger partial charge on any atom is 0.354 e. The van der Waals surface area contributed by atoms with Crippen LogP contribution in [-0.2, 0) is 19.4 Å². The summed E-state index contributed by atoms with van der Waals surface area (Å²) in [7, 11) is 0. The minimum Gasteiger partial charge on any atom is -0.477 e. The van der Waals surface area contributed by atoms with Gasteiger partial charge in [0.15, 0.2) is 10.5 Å². The molecule has 2 heterocycles. The van der Waals surface area contributed by atoms with E-state index in [1.165, 1.54) is 17.3 Å². The maximum absolute atomic E-state index is 11.4. The number of fused-ring (bicyclic) bond motifs is 1. The molecule has 1 unspecified atom stereocenters. The third kappa shape index (κ3) is 3.82. The molecule has 1 N–H and O–H groups in total. The standard InChI is InChI=1S/C20H19N3O2S.ClH/c24-19(25)18-16(6-3-9-21-18)13-22-10-11-23(20(22)26)17-8-7-14-4-1-2-5-15(14)12-17;/h1-6,9-11,17H,7-8,12-13H2,(H,24,25);1H. The highest BCUT2D eigenvalue weighted by Gasteiger charge is 2.21. The van der Waals surface area contributed by atoms with Crippen LogP contribution in [0.5, 0.6) is 0 Å². The number of aryl methyl sites for hydroxylation is 1. The number of carbonyl (C=O) groups is 1. The molecule has 4 rings (SSSR count). The van der Waals surface area contributed by atoms with Crippen LogP contribution in [0.3, 0.4) is 0 Å². The second-order valence-electron chi connectivity index (χ2n) is 6.60. The fraction of sp³-hybridized carbons (Fsp3) is 0.250. The molecule has 1 atom stereocenters. The molecule has 2 aromatic heterocycles. The zero-order valence-corrected chi connectivity index (χ0v) is 16.2. The Morgan fingerprint density at radius 3 is 2.74 bits per heavy atom. The lowest BCUT2D eigenvalue weighted by molar-refractivity contribution is 0.0689. The fourth-order valence-electron chi connectivity index (χ4n) is 3.68. The summed E-state index contributed by atoms with van der Waals surface area (Å²) in [5, 5.41) is 9.31. The van der Waals surface area contributed by atoms with E-state index in [2.05, 4.69) is 33.8 Å². The molecule has 0 amide bonds. The average Bonchev–Trinajstić information content (AvgIpc) is 3.02. The molecule has 0 fully saturated rings. The third-order valence-corrected chi connectivity index (χ3v) is 5.47. The van der Waals surface area contributed by atoms with Crippen molar-refractivity contribution in [1.82, 2.24) is 14.1 Å². The Kier molecular flexibility index (Phi) is 5.77. The van der Waals surface area contributed by atoms with Gasteiger partial charge in [0.2, 0.25) is 0 Å². The first kappa shape index (κ1) is 19.3. The van der Waals surface area contributed by atoms with Crippen molar-refractivity contribution < 1.29 is 9.90 Å². The Bertz CT molecular complexity index is 1030. The van der Waals surface area contributed by atoms with Crippen molar-refractivity contribution in [3.05, 3.63) is 82.1 Å². The topological polar surface area (TPSA) is 60.0 Å². The van der Waals surface area contributed by atoms with E-state index >= 15 is 0 Å². The molecular formula is C20H20ClN3O2S. The second kappa shape index (κ2) is 8.06. The number of imidazole rings is 1. The van der Waals surface area contributed by atoms with Gasteiger partial charge in [0, 0.05) is 30.2 Å². The zero-order chi connectivity index (χ0) is 18.1. The molecule has 0 saturated carbocycles. The molecule has 0 spiro atoms. The zero-order valence-electron chi connectivity index (χ0n) is 14.6. The van der Waals surface area contributed by atoms with Gasteiger partial charge in [-0.05, 0) is 48.7 Å². The number of nitrogens with zero attached hydrogens (tertiary/aromatic N) is 3. The van der Waals surface area contributed by atoms with Crippen LogP contribution in [0.1, 0.15) is 39.6 Å². The lowest BCUT2D eigenvalue weighted by Crippen LogP contribution is -2.18. The van der Waals surface area contributed by atoms with Crippen molar-refractivity contribution >= 4 is 30.6 Å². The van der Waals surface area contributed by atoms with Gasteiger partial charge in [-0.2, -0.15) is 0 Å². The van der Waals surface area contributed by atoms with E-state index < -0.39 is 5.97 Å². The predicted molar refractivity (Wildman–Crippen MR) is 108 cm³/mol. The van der Waals surface area contributed by atoms with Crippen LogP contribution in [0.25, 0.3) is 0 Å². The molecular weight excluding hydrogens is 382 g/mol. The minimum absolute atomic E-state index is 0. The molecule has 140 valence electrons. The lowest BCUT2D eigenvalue weighted by Gasteiger charge is -2.25. The summed E-state index contributed by atoms with van der Waals surface area (Å²) in [6.07, 6.45) is 8.53. The Labute approximate surface area is 168 Å². The Morgan fingerprint density at radius 2 is 1.96 bits per heavy atom. The lowest BCUT2D eigenvalue weighted by atomic mass is 9.88. The van der Waals surface area contributed by atoms with Crippen molar-refractivity contribution in [1.29, 1.82) is 0 Å². The maximum atomic E-state index is 11.4. The van der Waals surface area contributed by atoms with Crippen LogP contribution in [0.2, 0.25) is 0 Å². The van der Waals surface area contributed by atoms with E-state index in [-0.39, 0.29) is 18.1 Å². The largest absolute Gasteiger partial charge is 0.477 e. The smallest absolute Gasteiger partial charge is 0.354 e. The molecule has 7 heteroatoms. The molecule has 0 aliphatic heterocycles. The van der Waals surface area contributed by atoms with Gasteiger partial charge in [0.1, 0.15) is 0 Å². The molecule has 0 radical (unpaired) electrons. The SMILES string of the molecule is Cl.O=C(O)c1ncccc1Cn1ccn(C2CCc3ccccc3C2)c1=S. The van der Waals surface area contributed by atoms with Gasteiger partial charge in [0.05, 0.1) is 6.54 Å². The molecule has 3 aromatic rings. The van der Waals surface area contributed by atoms with E-state index in [9.17, 15) is 9.90 Å². The van der Waals surface area contributed by atoms with Gasteiger partial charge in [-0.25, -0.2) is 9.78 Å². The summed E-state index contributed by atoms with van der Waals surface area (Å²) >= 11 is 5.67. The van der Waals surface area contributed by atoms with Crippen molar-refractivity contribution in [3.63, 3.8) is 0 Å². The number of aromatic carboxylic acids is 1. The number of carboxylic acid groups (broad SMARTS) is 1. The number of benzene rings is 1. The van der Waals surface area contributed by atoms with Gasteiger partial charge >= 0.3 is 5.97 Å². The summed E-state index contributed by atoms with van der Waals surface area (Å²) < 4.78 is 4.77. The first-order chi connectivity index (χ1) is 12.6. The van der Waals surface area contributed by atoms with Gasteiger partial charge < -0.3 is 14.2 Å². The number of hydrogen-bond donors (Lipinski definition) is 1. The third-order valence-electron chi connectivity index (χ3n) is 5.02. The van der Waals surface area contributed by atoms with Crippen LogP contribution < -0.4 is 0 Å². The summed E-state index contributed by atoms with van der Waals surface area (Å²) in [6, 6.07) is 12.4. The molecule has 1 aromatic carbocycles. The van der Waals surface area contributed by atoms with E-state index in [1.807, 2.05) is 17.0 Å². The minimum atomic E-state index is -1.02. The normalized spacial score (nSPS) is 15.6. The molecule has 27 heavy (non-hydrogen) atoms. The van der Waals surface area contributed by atoms with E-state index in [4.69, 9.17) is 12.2 Å². The summed E-state index contributed by atoms with van der Waals surface area (Å²) in [5.74, 6) is -1.02. The van der Waals surface area contributed by atoms with Crippen LogP contribution in [0.15, 0.2) is 55.0 Å². The molecule has 0 saturated heterocycles. The quantitative estimate of drug-likeness (QED) is 0.661. The number of carboxylic acids is 1. The summed E-state index contributed by atoms with van der Waals surface area (Å²) in [4.78, 5) is 15.3. The Morgan fingerprint density at radius 1 is 1.19 bits per heavy atom. The highest BCUT2D eigenvalue weighted by atomic mass is 35.5. The number of halogens is 1. The molecule has 1 aliphatic carbocycles. The monoisotopic (exact) mass is 401 g/mol. The molecule has 5 nitrogen and oxygen atoms in total. The van der Waals surface area contributed by atoms with Gasteiger partial charge in [-0.3, -0.25) is 0 Å². The number of hydrogen-bond acceptors (Lipinski definition) is 3. The Balaban J connectivity index is 0.00000210. The van der Waals surface area contributed by atoms with E-state index in [0.29, 0.717) is 18.2 Å². The van der Waals surface area contributed by atoms with Crippen molar-refractivity contribution in [3.8, 4) is 0 Å². The number of aromatic nitrogens is 3. The highest BCUT2D eigenvalue weighted by Crippen LogP contribution is 2.29. The van der Waals surface area contributed by atoms with Gasteiger partial charge in [0.25, 0.3) is 0 Å². The van der Waals surface area contributed by atoms with E-state index in [0.717, 1.165) is 24.0 Å². The van der Waals surface area contributed by atoms with Crippen LogP contribution in [-0.4, -0.2) is 25.2 Å². The first-order valence-corrected chi connectivity index (χ1v) is 9.05. The van der Waals surface area contributed by atoms with Gasteiger partial charge in [-0.1, -0.05) is 30.3 Å². The van der Waals surface area contributed by atoms with E-state index in [1.54, 1.807) is 12.1 Å². The number of pyridine rings is 1. The molecule has 1 aliphatic rings. The first-order valence-electron chi connectivity index (χ1n) is 8.64. The second-order valence-corrected chi connectivity index (χ2v) is 6.96. The molecule has 0 bridgehead atoms.